The first-order chi connectivity index (χ1) is 7.36. The number of hydrogen-bond acceptors (Lipinski definition) is 2. The smallest absolute Gasteiger partial charge is 0.244 e. The molecule has 0 bridgehead atoms. The molecule has 15 heavy (non-hydrogen) atoms. The van der Waals surface area contributed by atoms with E-state index in [0.717, 1.165) is 24.9 Å². The van der Waals surface area contributed by atoms with Crippen LogP contribution in [-0.2, 0) is 4.79 Å². The number of amides is 1. The van der Waals surface area contributed by atoms with Crippen LogP contribution in [0.5, 0.6) is 0 Å². The van der Waals surface area contributed by atoms with Gasteiger partial charge in [-0.3, -0.25) is 9.79 Å². The number of carbonyl (C=O) groups is 1. The summed E-state index contributed by atoms with van der Waals surface area (Å²) in [6.07, 6.45) is 3.65. The van der Waals surface area contributed by atoms with Crippen molar-refractivity contribution in [3.8, 4) is 0 Å². The second kappa shape index (κ2) is 4.73. The van der Waals surface area contributed by atoms with Gasteiger partial charge in [0.25, 0.3) is 0 Å². The summed E-state index contributed by atoms with van der Waals surface area (Å²) >= 11 is 0. The number of piperidine rings is 1. The molecule has 1 fully saturated rings. The van der Waals surface area contributed by atoms with E-state index in [1.54, 1.807) is 6.21 Å². The zero-order chi connectivity index (χ0) is 10.5. The monoisotopic (exact) mass is 202 g/mol. The van der Waals surface area contributed by atoms with E-state index in [4.69, 9.17) is 0 Å². The predicted octanol–water partition coefficient (Wildman–Crippen LogP) is 1.38. The Morgan fingerprint density at radius 2 is 2.13 bits per heavy atom. The van der Waals surface area contributed by atoms with Crippen LogP contribution >= 0.6 is 0 Å². The normalized spacial score (nSPS) is 21.6. The second-order valence-electron chi connectivity index (χ2n) is 3.64. The van der Waals surface area contributed by atoms with Crippen LogP contribution in [0, 0.1) is 0 Å². The van der Waals surface area contributed by atoms with E-state index in [0.29, 0.717) is 0 Å². The molecule has 1 heterocycles. The molecule has 1 aromatic rings. The maximum absolute atomic E-state index is 11.4. The first-order valence-electron chi connectivity index (χ1n) is 5.22. The van der Waals surface area contributed by atoms with Gasteiger partial charge in [0.15, 0.2) is 0 Å². The quantitative estimate of drug-likeness (QED) is 0.723. The summed E-state index contributed by atoms with van der Waals surface area (Å²) < 4.78 is 0. The molecule has 1 amide bonds. The molecule has 1 N–H and O–H groups in total. The van der Waals surface area contributed by atoms with E-state index in [1.165, 1.54) is 0 Å². The summed E-state index contributed by atoms with van der Waals surface area (Å²) in [5.74, 6) is 0.0495. The zero-order valence-electron chi connectivity index (χ0n) is 8.52. The summed E-state index contributed by atoms with van der Waals surface area (Å²) in [6, 6.07) is 9.64. The highest BCUT2D eigenvalue weighted by Crippen LogP contribution is 2.07. The molecular weight excluding hydrogens is 188 g/mol. The lowest BCUT2D eigenvalue weighted by molar-refractivity contribution is -0.123. The molecule has 1 unspecified atom stereocenters. The molecule has 0 spiro atoms. The average Bonchev–Trinajstić information content (AvgIpc) is 2.29. The molecular formula is C12H14N2O. The van der Waals surface area contributed by atoms with Crippen LogP contribution in [0.15, 0.2) is 35.3 Å². The van der Waals surface area contributed by atoms with Gasteiger partial charge >= 0.3 is 0 Å². The maximum atomic E-state index is 11.4. The molecule has 0 aliphatic carbocycles. The van der Waals surface area contributed by atoms with Crippen molar-refractivity contribution in [2.45, 2.75) is 18.9 Å². The molecule has 3 nitrogen and oxygen atoms in total. The fourth-order valence-electron chi connectivity index (χ4n) is 1.61. The van der Waals surface area contributed by atoms with Gasteiger partial charge in [0, 0.05) is 12.8 Å². The second-order valence-corrected chi connectivity index (χ2v) is 3.64. The summed E-state index contributed by atoms with van der Waals surface area (Å²) in [5, 5.41) is 2.82. The lowest BCUT2D eigenvalue weighted by Gasteiger charge is -2.17. The van der Waals surface area contributed by atoms with Gasteiger partial charge in [0.05, 0.1) is 0 Å². The summed E-state index contributed by atoms with van der Waals surface area (Å²) in [6.45, 7) is 0.788. The number of nitrogens with zero attached hydrogens (tertiary/aromatic N) is 1. The molecule has 0 aromatic heterocycles. The van der Waals surface area contributed by atoms with Crippen molar-refractivity contribution >= 4 is 12.1 Å². The molecule has 78 valence electrons. The fraction of sp³-hybridized carbons (Fsp3) is 0.333. The van der Waals surface area contributed by atoms with Crippen LogP contribution in [0.3, 0.4) is 0 Å². The van der Waals surface area contributed by atoms with Crippen molar-refractivity contribution < 1.29 is 4.79 Å². The SMILES string of the molecule is O=C1NCCCC1N=Cc1ccccc1. The van der Waals surface area contributed by atoms with E-state index >= 15 is 0 Å². The first-order valence-corrected chi connectivity index (χ1v) is 5.22. The molecule has 1 saturated heterocycles. The first kappa shape index (κ1) is 9.90. The maximum Gasteiger partial charge on any atom is 0.244 e. The summed E-state index contributed by atoms with van der Waals surface area (Å²) in [4.78, 5) is 15.7. The van der Waals surface area contributed by atoms with Gasteiger partial charge in [-0.2, -0.15) is 0 Å². The molecule has 1 aliphatic rings. The predicted molar refractivity (Wildman–Crippen MR) is 60.1 cm³/mol. The molecule has 1 aromatic carbocycles. The van der Waals surface area contributed by atoms with Gasteiger partial charge in [-0.15, -0.1) is 0 Å². The number of nitrogens with one attached hydrogen (secondary N) is 1. The van der Waals surface area contributed by atoms with Crippen LogP contribution in [-0.4, -0.2) is 24.7 Å². The third-order valence-electron chi connectivity index (χ3n) is 2.46. The summed E-state index contributed by atoms with van der Waals surface area (Å²) in [7, 11) is 0. The van der Waals surface area contributed by atoms with Crippen molar-refractivity contribution in [2.75, 3.05) is 6.54 Å². The lowest BCUT2D eigenvalue weighted by atomic mass is 10.1. The third kappa shape index (κ3) is 2.65. The third-order valence-corrected chi connectivity index (χ3v) is 2.46. The average molecular weight is 202 g/mol. The summed E-state index contributed by atoms with van der Waals surface area (Å²) in [5.41, 5.74) is 1.04. The highest BCUT2D eigenvalue weighted by molar-refractivity contribution is 5.87. The Hall–Kier alpha value is -1.64. The highest BCUT2D eigenvalue weighted by atomic mass is 16.2. The van der Waals surface area contributed by atoms with Gasteiger partial charge in [0.2, 0.25) is 5.91 Å². The Balaban J connectivity index is 2.01. The van der Waals surface area contributed by atoms with Gasteiger partial charge in [-0.1, -0.05) is 30.3 Å². The van der Waals surface area contributed by atoms with Gasteiger partial charge in [-0.05, 0) is 18.4 Å². The minimum atomic E-state index is -0.195. The fourth-order valence-corrected chi connectivity index (χ4v) is 1.61. The minimum Gasteiger partial charge on any atom is -0.354 e. The standard InChI is InChI=1S/C12H14N2O/c15-12-11(7-4-8-13-12)14-9-10-5-2-1-3-6-10/h1-3,5-6,9,11H,4,7-8H2,(H,13,15). The number of aliphatic imine (C=N–C) groups is 1. The Bertz CT molecular complexity index is 359. The van der Waals surface area contributed by atoms with E-state index < -0.39 is 0 Å². The topological polar surface area (TPSA) is 41.5 Å². The number of carbonyl (C=O) groups excluding carboxylic acids is 1. The van der Waals surface area contributed by atoms with Crippen LogP contribution in [0.2, 0.25) is 0 Å². The van der Waals surface area contributed by atoms with E-state index in [2.05, 4.69) is 10.3 Å². The van der Waals surface area contributed by atoms with Crippen molar-refractivity contribution in [2.24, 2.45) is 4.99 Å². The molecule has 2 rings (SSSR count). The van der Waals surface area contributed by atoms with E-state index in [-0.39, 0.29) is 11.9 Å². The van der Waals surface area contributed by atoms with Crippen LogP contribution in [0.25, 0.3) is 0 Å². The molecule has 1 aliphatic heterocycles. The van der Waals surface area contributed by atoms with Crippen molar-refractivity contribution in [1.82, 2.24) is 5.32 Å². The molecule has 3 heteroatoms. The molecule has 1 atom stereocenters. The number of rotatable bonds is 2. The van der Waals surface area contributed by atoms with Crippen LogP contribution in [0.4, 0.5) is 0 Å². The van der Waals surface area contributed by atoms with Gasteiger partial charge in [0.1, 0.15) is 6.04 Å². The Kier molecular flexibility index (Phi) is 3.12. The lowest BCUT2D eigenvalue weighted by Crippen LogP contribution is -2.39. The van der Waals surface area contributed by atoms with E-state index in [1.807, 2.05) is 30.3 Å². The van der Waals surface area contributed by atoms with Gasteiger partial charge < -0.3 is 5.32 Å². The minimum absolute atomic E-state index is 0.0495. The number of benzene rings is 1. The van der Waals surface area contributed by atoms with Crippen LogP contribution < -0.4 is 5.32 Å². The largest absolute Gasteiger partial charge is 0.354 e. The Labute approximate surface area is 89.2 Å². The van der Waals surface area contributed by atoms with Crippen molar-refractivity contribution in [3.63, 3.8) is 0 Å². The van der Waals surface area contributed by atoms with Crippen LogP contribution in [0.1, 0.15) is 18.4 Å². The Morgan fingerprint density at radius 3 is 2.87 bits per heavy atom. The zero-order valence-corrected chi connectivity index (χ0v) is 8.52. The van der Waals surface area contributed by atoms with Crippen molar-refractivity contribution in [1.29, 1.82) is 0 Å². The van der Waals surface area contributed by atoms with Gasteiger partial charge in [-0.25, -0.2) is 0 Å². The molecule has 0 radical (unpaired) electrons. The van der Waals surface area contributed by atoms with E-state index in [9.17, 15) is 4.79 Å². The Morgan fingerprint density at radius 1 is 1.33 bits per heavy atom. The van der Waals surface area contributed by atoms with Crippen molar-refractivity contribution in [3.05, 3.63) is 35.9 Å². The highest BCUT2D eigenvalue weighted by Gasteiger charge is 2.19. The number of hydrogen-bond donors (Lipinski definition) is 1. The molecule has 0 saturated carbocycles.